The number of sulfonamides is 1. The van der Waals surface area contributed by atoms with Crippen molar-refractivity contribution in [1.29, 1.82) is 0 Å². The molecule has 9 heteroatoms. The van der Waals surface area contributed by atoms with Crippen LogP contribution in [-0.2, 0) is 16.2 Å². The molecule has 0 bridgehead atoms. The fraction of sp³-hybridized carbons (Fsp3) is 0.400. The molecular weight excluding hydrogens is 305 g/mol. The Hall–Kier alpha value is -0.830. The molecule has 0 aromatic heterocycles. The van der Waals surface area contributed by atoms with Crippen LogP contribution in [0.25, 0.3) is 0 Å². The molecular formula is C10H12ClF3N2O2S. The quantitative estimate of drug-likeness (QED) is 0.892. The Balaban J connectivity index is 3.23. The Bertz CT molecular complexity index is 560. The van der Waals surface area contributed by atoms with Crippen molar-refractivity contribution in [2.45, 2.75) is 24.0 Å². The molecule has 0 aliphatic heterocycles. The van der Waals surface area contributed by atoms with Gasteiger partial charge in [0.2, 0.25) is 10.0 Å². The molecule has 4 nitrogen and oxygen atoms in total. The van der Waals surface area contributed by atoms with Crippen LogP contribution in [0.3, 0.4) is 0 Å². The fourth-order valence-corrected chi connectivity index (χ4v) is 2.78. The lowest BCUT2D eigenvalue weighted by Crippen LogP contribution is -2.37. The normalized spacial score (nSPS) is 14.4. The van der Waals surface area contributed by atoms with Gasteiger partial charge >= 0.3 is 6.18 Å². The Labute approximate surface area is 113 Å². The first kappa shape index (κ1) is 16.2. The zero-order valence-corrected chi connectivity index (χ0v) is 11.4. The summed E-state index contributed by atoms with van der Waals surface area (Å²) in [6.07, 6.45) is -4.72. The summed E-state index contributed by atoms with van der Waals surface area (Å²) < 4.78 is 63.7. The third kappa shape index (κ3) is 4.07. The van der Waals surface area contributed by atoms with E-state index in [1.807, 2.05) is 0 Å². The highest BCUT2D eigenvalue weighted by Crippen LogP contribution is 2.35. The number of rotatable bonds is 4. The third-order valence-corrected chi connectivity index (χ3v) is 4.18. The molecule has 0 saturated carbocycles. The van der Waals surface area contributed by atoms with Crippen LogP contribution in [0.1, 0.15) is 12.5 Å². The maximum Gasteiger partial charge on any atom is 0.417 e. The summed E-state index contributed by atoms with van der Waals surface area (Å²) in [5.41, 5.74) is 4.06. The van der Waals surface area contributed by atoms with Crippen molar-refractivity contribution in [3.05, 3.63) is 28.8 Å². The average molecular weight is 317 g/mol. The lowest BCUT2D eigenvalue weighted by atomic mass is 10.2. The number of hydrogen-bond acceptors (Lipinski definition) is 3. The monoisotopic (exact) mass is 316 g/mol. The Kier molecular flexibility index (Phi) is 4.83. The lowest BCUT2D eigenvalue weighted by Gasteiger charge is -2.14. The van der Waals surface area contributed by atoms with E-state index >= 15 is 0 Å². The number of halogens is 4. The summed E-state index contributed by atoms with van der Waals surface area (Å²) in [5.74, 6) is 0. The van der Waals surface area contributed by atoms with Crippen molar-refractivity contribution < 1.29 is 21.6 Å². The predicted octanol–water partition coefficient (Wildman–Crippen LogP) is 1.98. The number of benzene rings is 1. The van der Waals surface area contributed by atoms with E-state index < -0.39 is 37.7 Å². The Morgan fingerprint density at radius 1 is 1.42 bits per heavy atom. The molecule has 1 aromatic carbocycles. The zero-order valence-electron chi connectivity index (χ0n) is 9.83. The molecule has 0 amide bonds. The number of nitrogens with one attached hydrogen (secondary N) is 1. The van der Waals surface area contributed by atoms with Gasteiger partial charge in [0.25, 0.3) is 0 Å². The van der Waals surface area contributed by atoms with Gasteiger partial charge in [-0.2, -0.15) is 13.2 Å². The van der Waals surface area contributed by atoms with E-state index in [2.05, 4.69) is 4.72 Å². The molecule has 3 N–H and O–H groups in total. The molecule has 1 unspecified atom stereocenters. The van der Waals surface area contributed by atoms with Crippen LogP contribution in [-0.4, -0.2) is 21.0 Å². The SMILES string of the molecule is CC(CN)NS(=O)(=O)c1ccc(Cl)c(C(F)(F)F)c1. The van der Waals surface area contributed by atoms with Gasteiger partial charge in [-0.15, -0.1) is 0 Å². The standard InChI is InChI=1S/C10H12ClF3N2O2S/c1-6(5-15)16-19(17,18)7-2-3-9(11)8(4-7)10(12,13)14/h2-4,6,16H,5,15H2,1H3. The summed E-state index contributed by atoms with van der Waals surface area (Å²) in [5, 5.41) is -0.557. The second kappa shape index (κ2) is 5.66. The smallest absolute Gasteiger partial charge is 0.329 e. The van der Waals surface area contributed by atoms with Crippen molar-refractivity contribution in [1.82, 2.24) is 4.72 Å². The Morgan fingerprint density at radius 3 is 2.47 bits per heavy atom. The number of alkyl halides is 3. The van der Waals surface area contributed by atoms with E-state index in [1.54, 1.807) is 0 Å². The second-order valence-corrected chi connectivity index (χ2v) is 6.02. The molecule has 0 heterocycles. The van der Waals surface area contributed by atoms with Crippen LogP contribution in [0.15, 0.2) is 23.1 Å². The maximum atomic E-state index is 12.6. The summed E-state index contributed by atoms with van der Waals surface area (Å²) in [7, 11) is -4.06. The van der Waals surface area contributed by atoms with Crippen LogP contribution >= 0.6 is 11.6 Å². The Morgan fingerprint density at radius 2 is 2.00 bits per heavy atom. The van der Waals surface area contributed by atoms with Crippen LogP contribution in [0.4, 0.5) is 13.2 Å². The van der Waals surface area contributed by atoms with Crippen molar-refractivity contribution in [3.63, 3.8) is 0 Å². The predicted molar refractivity (Wildman–Crippen MR) is 65.3 cm³/mol. The van der Waals surface area contributed by atoms with Crippen molar-refractivity contribution in [2.75, 3.05) is 6.54 Å². The first-order valence-electron chi connectivity index (χ1n) is 5.17. The zero-order chi connectivity index (χ0) is 14.8. The molecule has 0 fully saturated rings. The van der Waals surface area contributed by atoms with Crippen LogP contribution < -0.4 is 10.5 Å². The number of nitrogens with two attached hydrogens (primary N) is 1. The molecule has 0 saturated heterocycles. The van der Waals surface area contributed by atoms with E-state index in [4.69, 9.17) is 17.3 Å². The molecule has 0 spiro atoms. The highest BCUT2D eigenvalue weighted by Gasteiger charge is 2.34. The van der Waals surface area contributed by atoms with E-state index in [-0.39, 0.29) is 6.54 Å². The molecule has 0 aliphatic rings. The first-order chi connectivity index (χ1) is 8.58. The molecule has 0 radical (unpaired) electrons. The van der Waals surface area contributed by atoms with Gasteiger partial charge in [-0.1, -0.05) is 11.6 Å². The van der Waals surface area contributed by atoms with Crippen LogP contribution in [0.5, 0.6) is 0 Å². The van der Waals surface area contributed by atoms with Gasteiger partial charge in [0.1, 0.15) is 0 Å². The molecule has 1 atom stereocenters. The number of hydrogen-bond donors (Lipinski definition) is 2. The average Bonchev–Trinajstić information content (AvgIpc) is 2.26. The van der Waals surface area contributed by atoms with Crippen LogP contribution in [0, 0.1) is 0 Å². The molecule has 108 valence electrons. The van der Waals surface area contributed by atoms with Gasteiger partial charge in [-0.25, -0.2) is 13.1 Å². The fourth-order valence-electron chi connectivity index (χ4n) is 1.27. The van der Waals surface area contributed by atoms with Gasteiger partial charge in [-0.3, -0.25) is 0 Å². The van der Waals surface area contributed by atoms with Crippen LogP contribution in [0.2, 0.25) is 5.02 Å². The summed E-state index contributed by atoms with van der Waals surface area (Å²) in [4.78, 5) is -0.510. The molecule has 1 aromatic rings. The van der Waals surface area contributed by atoms with E-state index in [9.17, 15) is 21.6 Å². The molecule has 19 heavy (non-hydrogen) atoms. The maximum absolute atomic E-state index is 12.6. The highest BCUT2D eigenvalue weighted by atomic mass is 35.5. The topological polar surface area (TPSA) is 72.2 Å². The summed E-state index contributed by atoms with van der Waals surface area (Å²) in [6, 6.07) is 1.80. The minimum absolute atomic E-state index is 0.0267. The second-order valence-electron chi connectivity index (χ2n) is 3.90. The lowest BCUT2D eigenvalue weighted by molar-refractivity contribution is -0.137. The largest absolute Gasteiger partial charge is 0.417 e. The highest BCUT2D eigenvalue weighted by molar-refractivity contribution is 7.89. The van der Waals surface area contributed by atoms with E-state index in [1.165, 1.54) is 6.92 Å². The van der Waals surface area contributed by atoms with Gasteiger partial charge in [0.15, 0.2) is 0 Å². The summed E-state index contributed by atoms with van der Waals surface area (Å²) >= 11 is 5.41. The first-order valence-corrected chi connectivity index (χ1v) is 7.03. The van der Waals surface area contributed by atoms with E-state index in [0.29, 0.717) is 6.07 Å². The van der Waals surface area contributed by atoms with Gasteiger partial charge < -0.3 is 5.73 Å². The summed E-state index contributed by atoms with van der Waals surface area (Å²) in [6.45, 7) is 1.52. The van der Waals surface area contributed by atoms with Crippen molar-refractivity contribution >= 4 is 21.6 Å². The third-order valence-electron chi connectivity index (χ3n) is 2.26. The minimum atomic E-state index is -4.72. The van der Waals surface area contributed by atoms with E-state index in [0.717, 1.165) is 12.1 Å². The molecule has 1 rings (SSSR count). The van der Waals surface area contributed by atoms with Gasteiger partial charge in [-0.05, 0) is 25.1 Å². The molecule has 0 aliphatic carbocycles. The minimum Gasteiger partial charge on any atom is -0.329 e. The van der Waals surface area contributed by atoms with Crippen molar-refractivity contribution in [2.24, 2.45) is 5.73 Å². The van der Waals surface area contributed by atoms with Gasteiger partial charge in [0, 0.05) is 12.6 Å². The van der Waals surface area contributed by atoms with Gasteiger partial charge in [0.05, 0.1) is 15.5 Å². The van der Waals surface area contributed by atoms with Crippen molar-refractivity contribution in [3.8, 4) is 0 Å².